The van der Waals surface area contributed by atoms with Crippen LogP contribution < -0.4 is 5.32 Å². The summed E-state index contributed by atoms with van der Waals surface area (Å²) in [5.41, 5.74) is 1.25. The largest absolute Gasteiger partial charge is 0.369 e. The number of nitrogens with zero attached hydrogens (tertiary/aromatic N) is 3. The minimum atomic E-state index is -2.95. The molecule has 2 aromatic heterocycles. The molecule has 0 spiro atoms. The van der Waals surface area contributed by atoms with Gasteiger partial charge in [0.2, 0.25) is 0 Å². The van der Waals surface area contributed by atoms with Crippen molar-refractivity contribution < 1.29 is 8.42 Å². The maximum atomic E-state index is 11.3. The Kier molecular flexibility index (Phi) is 3.71. The Labute approximate surface area is 105 Å². The van der Waals surface area contributed by atoms with Crippen molar-refractivity contribution in [2.45, 2.75) is 6.92 Å². The second kappa shape index (κ2) is 5.26. The summed E-state index contributed by atoms with van der Waals surface area (Å²) in [6.45, 7) is 1.98. The van der Waals surface area contributed by atoms with E-state index in [4.69, 9.17) is 0 Å². The van der Waals surface area contributed by atoms with Crippen molar-refractivity contribution >= 4 is 26.8 Å². The molecule has 0 radical (unpaired) electrons. The van der Waals surface area contributed by atoms with Gasteiger partial charge in [0.1, 0.15) is 11.3 Å². The van der Waals surface area contributed by atoms with Crippen LogP contribution in [-0.4, -0.2) is 41.4 Å². The maximum Gasteiger partial charge on any atom is 0.180 e. The summed E-state index contributed by atoms with van der Waals surface area (Å²) in [7, 11) is -2.95. The SMILES string of the molecule is CCS(=O)(=O)CCNc1ccc2nccnc2n1. The number of hydrogen-bond acceptors (Lipinski definition) is 6. The zero-order valence-corrected chi connectivity index (χ0v) is 10.8. The summed E-state index contributed by atoms with van der Waals surface area (Å²) in [6.07, 6.45) is 3.17. The third-order valence-corrected chi connectivity index (χ3v) is 4.20. The highest BCUT2D eigenvalue weighted by molar-refractivity contribution is 7.91. The van der Waals surface area contributed by atoms with Crippen LogP contribution in [-0.2, 0) is 9.84 Å². The average Bonchev–Trinajstić information content (AvgIpc) is 2.38. The van der Waals surface area contributed by atoms with Gasteiger partial charge in [0.25, 0.3) is 0 Å². The summed E-state index contributed by atoms with van der Waals surface area (Å²) in [5, 5.41) is 2.97. The highest BCUT2D eigenvalue weighted by Gasteiger charge is 2.06. The highest BCUT2D eigenvalue weighted by Crippen LogP contribution is 2.09. The van der Waals surface area contributed by atoms with Crippen LogP contribution in [0.1, 0.15) is 6.92 Å². The van der Waals surface area contributed by atoms with E-state index in [1.165, 1.54) is 0 Å². The molecule has 7 heteroatoms. The highest BCUT2D eigenvalue weighted by atomic mass is 32.2. The van der Waals surface area contributed by atoms with E-state index in [1.54, 1.807) is 31.5 Å². The number of nitrogens with one attached hydrogen (secondary N) is 1. The van der Waals surface area contributed by atoms with Gasteiger partial charge in [0, 0.05) is 24.7 Å². The van der Waals surface area contributed by atoms with Gasteiger partial charge in [0.15, 0.2) is 15.5 Å². The number of aromatic nitrogens is 3. The molecule has 2 aromatic rings. The van der Waals surface area contributed by atoms with Gasteiger partial charge >= 0.3 is 0 Å². The van der Waals surface area contributed by atoms with Crippen LogP contribution in [0.25, 0.3) is 11.2 Å². The Bertz CT molecular complexity index is 642. The van der Waals surface area contributed by atoms with Gasteiger partial charge < -0.3 is 5.32 Å². The molecule has 0 aromatic carbocycles. The average molecular weight is 266 g/mol. The molecular weight excluding hydrogens is 252 g/mol. The first-order valence-corrected chi connectivity index (χ1v) is 7.45. The molecule has 0 aliphatic carbocycles. The Morgan fingerprint density at radius 2 is 2.00 bits per heavy atom. The van der Waals surface area contributed by atoms with E-state index in [2.05, 4.69) is 20.3 Å². The van der Waals surface area contributed by atoms with E-state index in [1.807, 2.05) is 0 Å². The number of rotatable bonds is 5. The van der Waals surface area contributed by atoms with Gasteiger partial charge in [0.05, 0.1) is 5.75 Å². The molecular formula is C11H14N4O2S. The van der Waals surface area contributed by atoms with Crippen molar-refractivity contribution in [3.8, 4) is 0 Å². The third kappa shape index (κ3) is 3.13. The Hall–Kier alpha value is -1.76. The van der Waals surface area contributed by atoms with Crippen LogP contribution >= 0.6 is 0 Å². The van der Waals surface area contributed by atoms with Crippen molar-refractivity contribution in [3.63, 3.8) is 0 Å². The fraction of sp³-hybridized carbons (Fsp3) is 0.364. The second-order valence-electron chi connectivity index (χ2n) is 3.76. The smallest absolute Gasteiger partial charge is 0.180 e. The molecule has 0 amide bonds. The molecule has 1 N–H and O–H groups in total. The first kappa shape index (κ1) is 12.7. The predicted octanol–water partition coefficient (Wildman–Crippen LogP) is 0.871. The lowest BCUT2D eigenvalue weighted by Gasteiger charge is -2.05. The Morgan fingerprint density at radius 1 is 1.22 bits per heavy atom. The lowest BCUT2D eigenvalue weighted by atomic mass is 10.4. The van der Waals surface area contributed by atoms with Crippen LogP contribution in [0.3, 0.4) is 0 Å². The lowest BCUT2D eigenvalue weighted by molar-refractivity contribution is 0.597. The topological polar surface area (TPSA) is 84.8 Å². The molecule has 2 rings (SSSR count). The molecule has 0 bridgehead atoms. The van der Waals surface area contributed by atoms with Crippen molar-refractivity contribution in [2.75, 3.05) is 23.4 Å². The van der Waals surface area contributed by atoms with E-state index < -0.39 is 9.84 Å². The standard InChI is InChI=1S/C11H14N4O2S/c1-2-18(16,17)8-7-13-10-4-3-9-11(15-10)14-6-5-12-9/h3-6H,2,7-8H2,1H3,(H,13,14,15). The maximum absolute atomic E-state index is 11.3. The third-order valence-electron chi connectivity index (χ3n) is 2.49. The summed E-state index contributed by atoms with van der Waals surface area (Å²) in [5.74, 6) is 0.865. The summed E-state index contributed by atoms with van der Waals surface area (Å²) < 4.78 is 22.6. The van der Waals surface area contributed by atoms with Gasteiger partial charge in [-0.3, -0.25) is 4.98 Å². The van der Waals surface area contributed by atoms with Crippen molar-refractivity contribution in [3.05, 3.63) is 24.5 Å². The number of sulfone groups is 1. The van der Waals surface area contributed by atoms with Crippen molar-refractivity contribution in [1.29, 1.82) is 0 Å². The summed E-state index contributed by atoms with van der Waals surface area (Å²) in [4.78, 5) is 12.4. The normalized spacial score (nSPS) is 11.6. The summed E-state index contributed by atoms with van der Waals surface area (Å²) >= 11 is 0. The number of hydrogen-bond donors (Lipinski definition) is 1. The number of anilines is 1. The molecule has 0 unspecified atom stereocenters. The van der Waals surface area contributed by atoms with Crippen LogP contribution in [0.15, 0.2) is 24.5 Å². The monoisotopic (exact) mass is 266 g/mol. The molecule has 0 fully saturated rings. The Morgan fingerprint density at radius 3 is 2.78 bits per heavy atom. The van der Waals surface area contributed by atoms with Gasteiger partial charge in [-0.15, -0.1) is 0 Å². The molecule has 96 valence electrons. The number of pyridine rings is 1. The number of fused-ring (bicyclic) bond motifs is 1. The minimum absolute atomic E-state index is 0.101. The first-order chi connectivity index (χ1) is 8.61. The van der Waals surface area contributed by atoms with Crippen molar-refractivity contribution in [1.82, 2.24) is 15.0 Å². The molecule has 0 aliphatic heterocycles. The molecule has 18 heavy (non-hydrogen) atoms. The zero-order chi connectivity index (χ0) is 13.0. The van der Waals surface area contributed by atoms with E-state index in [9.17, 15) is 8.42 Å². The van der Waals surface area contributed by atoms with Gasteiger partial charge in [-0.05, 0) is 12.1 Å². The quantitative estimate of drug-likeness (QED) is 0.864. The molecule has 6 nitrogen and oxygen atoms in total. The van der Waals surface area contributed by atoms with E-state index in [-0.39, 0.29) is 11.5 Å². The molecule has 0 saturated carbocycles. The van der Waals surface area contributed by atoms with Crippen LogP contribution in [0, 0.1) is 0 Å². The van der Waals surface area contributed by atoms with Gasteiger partial charge in [-0.2, -0.15) is 0 Å². The minimum Gasteiger partial charge on any atom is -0.369 e. The van der Waals surface area contributed by atoms with Crippen molar-refractivity contribution in [2.24, 2.45) is 0 Å². The van der Waals surface area contributed by atoms with Gasteiger partial charge in [-0.1, -0.05) is 6.92 Å². The van der Waals surface area contributed by atoms with Crippen LogP contribution in [0.5, 0.6) is 0 Å². The molecule has 0 atom stereocenters. The Balaban J connectivity index is 2.04. The summed E-state index contributed by atoms with van der Waals surface area (Å²) in [6, 6.07) is 3.56. The molecule has 2 heterocycles. The molecule has 0 aliphatic rings. The first-order valence-electron chi connectivity index (χ1n) is 5.63. The van der Waals surface area contributed by atoms with E-state index in [0.29, 0.717) is 23.5 Å². The van der Waals surface area contributed by atoms with Crippen LogP contribution in [0.4, 0.5) is 5.82 Å². The lowest BCUT2D eigenvalue weighted by Crippen LogP contribution is -2.17. The second-order valence-corrected chi connectivity index (χ2v) is 6.23. The predicted molar refractivity (Wildman–Crippen MR) is 70.2 cm³/mol. The fourth-order valence-electron chi connectivity index (χ4n) is 1.43. The molecule has 0 saturated heterocycles. The van der Waals surface area contributed by atoms with E-state index in [0.717, 1.165) is 0 Å². The van der Waals surface area contributed by atoms with E-state index >= 15 is 0 Å². The van der Waals surface area contributed by atoms with Crippen LogP contribution in [0.2, 0.25) is 0 Å². The van der Waals surface area contributed by atoms with Gasteiger partial charge in [-0.25, -0.2) is 18.4 Å². The zero-order valence-electron chi connectivity index (χ0n) is 10.00. The fourth-order valence-corrected chi connectivity index (χ4v) is 2.13.